The van der Waals surface area contributed by atoms with Gasteiger partial charge in [0.25, 0.3) is 0 Å². The van der Waals surface area contributed by atoms with E-state index in [1.54, 1.807) is 0 Å². The van der Waals surface area contributed by atoms with Crippen molar-refractivity contribution in [3.8, 4) is 0 Å². The number of aliphatic hydroxyl groups is 2. The molecule has 0 amide bonds. The van der Waals surface area contributed by atoms with Gasteiger partial charge in [0.15, 0.2) is 0 Å². The maximum Gasteiger partial charge on any atom is 0.307 e. The number of carbonyl (C=O) groups excluding carboxylic acids is 2. The Morgan fingerprint density at radius 3 is 1.64 bits per heavy atom. The molecule has 0 saturated carbocycles. The standard InChI is InChI=1S/C14H28N2O6/c1-15(2)7-8-16(5-3-13(19)21-11-9-17)6-4-14(20)22-12-10-18/h17-18H,3-12H2,1-2H3. The number of ether oxygens (including phenoxy) is 2. The van der Waals surface area contributed by atoms with Crippen molar-refractivity contribution in [3.63, 3.8) is 0 Å². The Morgan fingerprint density at radius 1 is 0.818 bits per heavy atom. The number of aliphatic hydroxyl groups excluding tert-OH is 2. The molecule has 0 spiro atoms. The van der Waals surface area contributed by atoms with Crippen LogP contribution in [-0.4, -0.2) is 98.7 Å². The van der Waals surface area contributed by atoms with Crippen molar-refractivity contribution in [1.82, 2.24) is 9.80 Å². The lowest BCUT2D eigenvalue weighted by Gasteiger charge is -2.23. The molecule has 22 heavy (non-hydrogen) atoms. The molecule has 0 radical (unpaired) electrons. The second kappa shape index (κ2) is 13.4. The maximum absolute atomic E-state index is 11.4. The summed E-state index contributed by atoms with van der Waals surface area (Å²) in [7, 11) is 3.90. The Balaban J connectivity index is 4.13. The monoisotopic (exact) mass is 320 g/mol. The summed E-state index contributed by atoms with van der Waals surface area (Å²) in [5.41, 5.74) is 0. The summed E-state index contributed by atoms with van der Waals surface area (Å²) in [5.74, 6) is -0.737. The normalized spacial score (nSPS) is 11.0. The number of rotatable bonds is 13. The van der Waals surface area contributed by atoms with Crippen LogP contribution in [0.3, 0.4) is 0 Å². The predicted molar refractivity (Wildman–Crippen MR) is 80.3 cm³/mol. The highest BCUT2D eigenvalue weighted by Gasteiger charge is 2.12. The largest absolute Gasteiger partial charge is 0.463 e. The first-order valence-corrected chi connectivity index (χ1v) is 7.39. The number of esters is 2. The van der Waals surface area contributed by atoms with E-state index >= 15 is 0 Å². The Labute approximate surface area is 131 Å². The van der Waals surface area contributed by atoms with Gasteiger partial charge in [0.2, 0.25) is 0 Å². The van der Waals surface area contributed by atoms with Crippen LogP contribution >= 0.6 is 0 Å². The molecule has 0 aromatic carbocycles. The van der Waals surface area contributed by atoms with Gasteiger partial charge in [-0.25, -0.2) is 0 Å². The van der Waals surface area contributed by atoms with Crippen LogP contribution in [0.25, 0.3) is 0 Å². The molecule has 130 valence electrons. The summed E-state index contributed by atoms with van der Waals surface area (Å²) < 4.78 is 9.60. The van der Waals surface area contributed by atoms with Gasteiger partial charge in [0, 0.05) is 26.2 Å². The Morgan fingerprint density at radius 2 is 1.27 bits per heavy atom. The molecule has 0 saturated heterocycles. The lowest BCUT2D eigenvalue weighted by molar-refractivity contribution is -0.145. The molecule has 0 aliphatic heterocycles. The average molecular weight is 320 g/mol. The molecular formula is C14H28N2O6. The Bertz CT molecular complexity index is 288. The van der Waals surface area contributed by atoms with E-state index in [0.29, 0.717) is 19.6 Å². The highest BCUT2D eigenvalue weighted by Crippen LogP contribution is 1.98. The van der Waals surface area contributed by atoms with Gasteiger partial charge in [-0.15, -0.1) is 0 Å². The van der Waals surface area contributed by atoms with Crippen LogP contribution in [0.1, 0.15) is 12.8 Å². The van der Waals surface area contributed by atoms with E-state index in [-0.39, 0.29) is 51.2 Å². The minimum Gasteiger partial charge on any atom is -0.463 e. The second-order valence-corrected chi connectivity index (χ2v) is 5.03. The first-order valence-electron chi connectivity index (χ1n) is 7.39. The smallest absolute Gasteiger partial charge is 0.307 e. The molecule has 0 aliphatic carbocycles. The summed E-state index contributed by atoms with van der Waals surface area (Å²) in [6.07, 6.45) is 0.415. The van der Waals surface area contributed by atoms with Crippen molar-refractivity contribution in [1.29, 1.82) is 0 Å². The molecule has 0 atom stereocenters. The quantitative estimate of drug-likeness (QED) is 0.404. The Kier molecular flexibility index (Phi) is 12.7. The van der Waals surface area contributed by atoms with Crippen LogP contribution in [-0.2, 0) is 19.1 Å². The minimum atomic E-state index is -0.369. The summed E-state index contributed by atoms with van der Waals surface area (Å²) >= 11 is 0. The second-order valence-electron chi connectivity index (χ2n) is 5.03. The topological polar surface area (TPSA) is 99.5 Å². The number of nitrogens with zero attached hydrogens (tertiary/aromatic N) is 2. The van der Waals surface area contributed by atoms with Crippen molar-refractivity contribution in [3.05, 3.63) is 0 Å². The molecule has 0 heterocycles. The third-order valence-electron chi connectivity index (χ3n) is 2.84. The first kappa shape index (κ1) is 20.8. The molecule has 0 aromatic heterocycles. The zero-order valence-electron chi connectivity index (χ0n) is 13.5. The van der Waals surface area contributed by atoms with E-state index in [1.165, 1.54) is 0 Å². The molecule has 8 nitrogen and oxygen atoms in total. The van der Waals surface area contributed by atoms with Crippen molar-refractivity contribution in [2.75, 3.05) is 66.7 Å². The van der Waals surface area contributed by atoms with E-state index in [2.05, 4.69) is 0 Å². The third kappa shape index (κ3) is 12.5. The van der Waals surface area contributed by atoms with Gasteiger partial charge < -0.3 is 29.5 Å². The Hall–Kier alpha value is -1.22. The number of likely N-dealkylation sites (N-methyl/N-ethyl adjacent to an activating group) is 1. The molecule has 0 fully saturated rings. The summed E-state index contributed by atoms with van der Waals surface area (Å²) in [6.45, 7) is 2.11. The predicted octanol–water partition coefficient (Wildman–Crippen LogP) is -1.30. The molecule has 0 aliphatic rings. The highest BCUT2D eigenvalue weighted by atomic mass is 16.5. The fraction of sp³-hybridized carbons (Fsp3) is 0.857. The van der Waals surface area contributed by atoms with Crippen LogP contribution in [0.5, 0.6) is 0 Å². The number of carbonyl (C=O) groups is 2. The van der Waals surface area contributed by atoms with Crippen molar-refractivity contribution >= 4 is 11.9 Å². The van der Waals surface area contributed by atoms with Crippen LogP contribution < -0.4 is 0 Å². The molecule has 0 unspecified atom stereocenters. The third-order valence-corrected chi connectivity index (χ3v) is 2.84. The van der Waals surface area contributed by atoms with Crippen LogP contribution in [0.2, 0.25) is 0 Å². The SMILES string of the molecule is CN(C)CCN(CCC(=O)OCCO)CCC(=O)OCCO. The van der Waals surface area contributed by atoms with E-state index in [4.69, 9.17) is 19.7 Å². The molecule has 0 rings (SSSR count). The van der Waals surface area contributed by atoms with Crippen molar-refractivity contribution < 1.29 is 29.3 Å². The van der Waals surface area contributed by atoms with Crippen molar-refractivity contribution in [2.45, 2.75) is 12.8 Å². The van der Waals surface area contributed by atoms with E-state index in [1.807, 2.05) is 23.9 Å². The molecule has 0 aromatic rings. The first-order chi connectivity index (χ1) is 10.5. The summed E-state index contributed by atoms with van der Waals surface area (Å²) in [4.78, 5) is 26.9. The number of hydrogen-bond acceptors (Lipinski definition) is 8. The fourth-order valence-corrected chi connectivity index (χ4v) is 1.64. The van der Waals surface area contributed by atoms with Crippen LogP contribution in [0, 0.1) is 0 Å². The van der Waals surface area contributed by atoms with E-state index in [0.717, 1.165) is 6.54 Å². The van der Waals surface area contributed by atoms with Crippen LogP contribution in [0.15, 0.2) is 0 Å². The molecule has 2 N–H and O–H groups in total. The minimum absolute atomic E-state index is 0.00398. The van der Waals surface area contributed by atoms with Crippen LogP contribution in [0.4, 0.5) is 0 Å². The van der Waals surface area contributed by atoms with Gasteiger partial charge in [0.1, 0.15) is 13.2 Å². The van der Waals surface area contributed by atoms with Gasteiger partial charge in [0.05, 0.1) is 26.1 Å². The van der Waals surface area contributed by atoms with Gasteiger partial charge in [-0.3, -0.25) is 9.59 Å². The van der Waals surface area contributed by atoms with Gasteiger partial charge in [-0.05, 0) is 14.1 Å². The van der Waals surface area contributed by atoms with Gasteiger partial charge in [-0.2, -0.15) is 0 Å². The fourth-order valence-electron chi connectivity index (χ4n) is 1.64. The summed E-state index contributed by atoms with van der Waals surface area (Å²) in [5, 5.41) is 17.2. The molecule has 8 heteroatoms. The molecular weight excluding hydrogens is 292 g/mol. The van der Waals surface area contributed by atoms with E-state index < -0.39 is 0 Å². The summed E-state index contributed by atoms with van der Waals surface area (Å²) in [6, 6.07) is 0. The molecule has 0 bridgehead atoms. The highest BCUT2D eigenvalue weighted by molar-refractivity contribution is 5.70. The lowest BCUT2D eigenvalue weighted by atomic mass is 10.3. The zero-order valence-corrected chi connectivity index (χ0v) is 13.5. The average Bonchev–Trinajstić information content (AvgIpc) is 2.49. The van der Waals surface area contributed by atoms with Crippen molar-refractivity contribution in [2.24, 2.45) is 0 Å². The van der Waals surface area contributed by atoms with Gasteiger partial charge in [-0.1, -0.05) is 0 Å². The maximum atomic E-state index is 11.4. The van der Waals surface area contributed by atoms with Gasteiger partial charge >= 0.3 is 11.9 Å². The van der Waals surface area contributed by atoms with E-state index in [9.17, 15) is 9.59 Å². The zero-order chi connectivity index (χ0) is 16.8. The lowest BCUT2D eigenvalue weighted by Crippen LogP contribution is -2.35. The number of hydrogen-bond donors (Lipinski definition) is 2.